The van der Waals surface area contributed by atoms with Crippen LogP contribution in [0.3, 0.4) is 0 Å². The third-order valence-electron chi connectivity index (χ3n) is 5.06. The van der Waals surface area contributed by atoms with Crippen molar-refractivity contribution in [2.75, 3.05) is 26.3 Å². The minimum Gasteiger partial charge on any atom is -0.375 e. The number of pyridine rings is 1. The van der Waals surface area contributed by atoms with Crippen molar-refractivity contribution in [3.05, 3.63) is 29.6 Å². The largest absolute Gasteiger partial charge is 0.375 e. The number of carbonyl (C=O) groups is 1. The van der Waals surface area contributed by atoms with Crippen LogP contribution in [0.2, 0.25) is 0 Å². The summed E-state index contributed by atoms with van der Waals surface area (Å²) in [6.45, 7) is 7.31. The van der Waals surface area contributed by atoms with E-state index >= 15 is 0 Å². The van der Waals surface area contributed by atoms with Crippen molar-refractivity contribution in [1.29, 1.82) is 0 Å². The van der Waals surface area contributed by atoms with E-state index in [-0.39, 0.29) is 17.4 Å². The van der Waals surface area contributed by atoms with Gasteiger partial charge in [-0.1, -0.05) is 6.07 Å². The van der Waals surface area contributed by atoms with Crippen LogP contribution in [0.5, 0.6) is 0 Å². The topological polar surface area (TPSA) is 51.7 Å². The lowest BCUT2D eigenvalue weighted by Gasteiger charge is -2.38. The second kappa shape index (κ2) is 6.97. The fourth-order valence-corrected chi connectivity index (χ4v) is 3.62. The molecule has 1 aromatic rings. The second-order valence-electron chi connectivity index (χ2n) is 6.93. The van der Waals surface area contributed by atoms with E-state index in [2.05, 4.69) is 4.98 Å². The van der Waals surface area contributed by atoms with Gasteiger partial charge >= 0.3 is 0 Å². The Morgan fingerprint density at radius 2 is 2.22 bits per heavy atom. The molecule has 23 heavy (non-hydrogen) atoms. The summed E-state index contributed by atoms with van der Waals surface area (Å²) in [4.78, 5) is 17.8. The molecule has 126 valence electrons. The highest BCUT2D eigenvalue weighted by Crippen LogP contribution is 2.42. The molecule has 3 heterocycles. The lowest BCUT2D eigenvalue weighted by Crippen LogP contribution is -2.42. The predicted octanol–water partition coefficient (Wildman–Crippen LogP) is 2.32. The molecule has 0 N–H and O–H groups in total. The molecule has 1 aromatic heterocycles. The Morgan fingerprint density at radius 3 is 2.91 bits per heavy atom. The summed E-state index contributed by atoms with van der Waals surface area (Å²) >= 11 is 0. The van der Waals surface area contributed by atoms with Crippen molar-refractivity contribution >= 4 is 5.91 Å². The molecule has 3 rings (SSSR count). The molecule has 5 heteroatoms. The van der Waals surface area contributed by atoms with Gasteiger partial charge in [0, 0.05) is 25.7 Å². The van der Waals surface area contributed by atoms with Gasteiger partial charge in [0.1, 0.15) is 0 Å². The Balaban J connectivity index is 1.43. The smallest absolute Gasteiger partial charge is 0.219 e. The van der Waals surface area contributed by atoms with E-state index in [0.717, 1.165) is 50.3 Å². The van der Waals surface area contributed by atoms with Crippen LogP contribution in [0.25, 0.3) is 0 Å². The summed E-state index contributed by atoms with van der Waals surface area (Å²) in [7, 11) is 0. The molecule has 1 amide bonds. The Labute approximate surface area is 138 Å². The number of piperidine rings is 1. The molecular formula is C18H26N2O3. The number of ether oxygens (including phenoxy) is 2. The molecule has 0 aliphatic carbocycles. The van der Waals surface area contributed by atoms with Gasteiger partial charge in [-0.2, -0.15) is 0 Å². The van der Waals surface area contributed by atoms with Crippen LogP contribution in [0, 0.1) is 12.3 Å². The van der Waals surface area contributed by atoms with Crippen LogP contribution in [0.4, 0.5) is 0 Å². The molecule has 0 saturated carbocycles. The van der Waals surface area contributed by atoms with Gasteiger partial charge in [-0.3, -0.25) is 9.78 Å². The van der Waals surface area contributed by atoms with Crippen molar-refractivity contribution in [2.24, 2.45) is 5.41 Å². The molecule has 2 saturated heterocycles. The summed E-state index contributed by atoms with van der Waals surface area (Å²) in [5.74, 6) is 0.185. The van der Waals surface area contributed by atoms with E-state index in [4.69, 9.17) is 9.47 Å². The van der Waals surface area contributed by atoms with Gasteiger partial charge < -0.3 is 14.4 Å². The summed E-state index contributed by atoms with van der Waals surface area (Å²) in [6, 6.07) is 5.98. The molecule has 1 spiro atoms. The zero-order chi connectivity index (χ0) is 16.3. The lowest BCUT2D eigenvalue weighted by atomic mass is 9.76. The normalized spacial score (nSPS) is 23.4. The van der Waals surface area contributed by atoms with Crippen molar-refractivity contribution in [3.8, 4) is 0 Å². The fraction of sp³-hybridized carbons (Fsp3) is 0.667. The van der Waals surface area contributed by atoms with Gasteiger partial charge in [0.15, 0.2) is 0 Å². The first-order valence-corrected chi connectivity index (χ1v) is 8.44. The van der Waals surface area contributed by atoms with Crippen molar-refractivity contribution < 1.29 is 14.3 Å². The minimum atomic E-state index is 0.170. The van der Waals surface area contributed by atoms with E-state index in [0.29, 0.717) is 13.2 Å². The first-order valence-electron chi connectivity index (χ1n) is 8.44. The third-order valence-corrected chi connectivity index (χ3v) is 5.06. The maximum Gasteiger partial charge on any atom is 0.219 e. The van der Waals surface area contributed by atoms with Crippen LogP contribution in [-0.4, -0.2) is 48.2 Å². The Bertz CT molecular complexity index is 553. The molecule has 0 radical (unpaired) electrons. The molecular weight excluding hydrogens is 292 g/mol. The Hall–Kier alpha value is -1.46. The SMILES string of the molecule is CC(=O)N1CCC2(CC1)CO[C@H](COCc1cccc(C)n1)C2. The van der Waals surface area contributed by atoms with Crippen LogP contribution in [-0.2, 0) is 20.9 Å². The van der Waals surface area contributed by atoms with Gasteiger partial charge in [0.2, 0.25) is 5.91 Å². The first-order chi connectivity index (χ1) is 11.1. The number of carbonyl (C=O) groups excluding carboxylic acids is 1. The van der Waals surface area contributed by atoms with Gasteiger partial charge in [0.25, 0.3) is 0 Å². The van der Waals surface area contributed by atoms with E-state index in [1.807, 2.05) is 30.0 Å². The molecule has 2 fully saturated rings. The van der Waals surface area contributed by atoms with Crippen LogP contribution in [0.15, 0.2) is 18.2 Å². The summed E-state index contributed by atoms with van der Waals surface area (Å²) in [5.41, 5.74) is 2.23. The number of aryl methyl sites for hydroxylation is 1. The number of hydrogen-bond donors (Lipinski definition) is 0. The number of aromatic nitrogens is 1. The molecule has 0 aromatic carbocycles. The van der Waals surface area contributed by atoms with Gasteiger partial charge in [-0.25, -0.2) is 0 Å². The van der Waals surface area contributed by atoms with E-state index in [9.17, 15) is 4.79 Å². The summed E-state index contributed by atoms with van der Waals surface area (Å²) in [5, 5.41) is 0. The molecule has 2 aliphatic rings. The van der Waals surface area contributed by atoms with Gasteiger partial charge in [0.05, 0.1) is 31.6 Å². The number of rotatable bonds is 4. The molecule has 2 aliphatic heterocycles. The summed E-state index contributed by atoms with van der Waals surface area (Å²) in [6.07, 6.45) is 3.30. The lowest BCUT2D eigenvalue weighted by molar-refractivity contribution is -0.131. The Kier molecular flexibility index (Phi) is 4.97. The number of nitrogens with zero attached hydrogens (tertiary/aromatic N) is 2. The maximum absolute atomic E-state index is 11.4. The monoisotopic (exact) mass is 318 g/mol. The van der Waals surface area contributed by atoms with Crippen LogP contribution >= 0.6 is 0 Å². The van der Waals surface area contributed by atoms with Crippen LogP contribution < -0.4 is 0 Å². The zero-order valence-electron chi connectivity index (χ0n) is 14.1. The second-order valence-corrected chi connectivity index (χ2v) is 6.93. The first kappa shape index (κ1) is 16.4. The molecule has 1 atom stereocenters. The molecule has 0 unspecified atom stereocenters. The highest BCUT2D eigenvalue weighted by atomic mass is 16.5. The number of amides is 1. The highest BCUT2D eigenvalue weighted by molar-refractivity contribution is 5.73. The average Bonchev–Trinajstić information content (AvgIpc) is 2.91. The number of likely N-dealkylation sites (tertiary alicyclic amines) is 1. The highest BCUT2D eigenvalue weighted by Gasteiger charge is 2.42. The van der Waals surface area contributed by atoms with Crippen molar-refractivity contribution in [2.45, 2.75) is 45.8 Å². The minimum absolute atomic E-state index is 0.170. The molecule has 0 bridgehead atoms. The van der Waals surface area contributed by atoms with E-state index in [1.165, 1.54) is 0 Å². The van der Waals surface area contributed by atoms with E-state index in [1.54, 1.807) is 6.92 Å². The predicted molar refractivity (Wildman–Crippen MR) is 86.9 cm³/mol. The van der Waals surface area contributed by atoms with E-state index < -0.39 is 0 Å². The third kappa shape index (κ3) is 4.09. The maximum atomic E-state index is 11.4. The van der Waals surface area contributed by atoms with Gasteiger partial charge in [-0.05, 0) is 43.7 Å². The van der Waals surface area contributed by atoms with Crippen molar-refractivity contribution in [3.63, 3.8) is 0 Å². The number of hydrogen-bond acceptors (Lipinski definition) is 4. The average molecular weight is 318 g/mol. The fourth-order valence-electron chi connectivity index (χ4n) is 3.62. The van der Waals surface area contributed by atoms with Crippen LogP contribution in [0.1, 0.15) is 37.6 Å². The quantitative estimate of drug-likeness (QED) is 0.855. The van der Waals surface area contributed by atoms with Gasteiger partial charge in [-0.15, -0.1) is 0 Å². The van der Waals surface area contributed by atoms with Crippen molar-refractivity contribution in [1.82, 2.24) is 9.88 Å². The molecule has 5 nitrogen and oxygen atoms in total. The standard InChI is InChI=1S/C18H26N2O3/c1-14-4-3-5-16(19-14)11-22-12-17-10-18(13-23-17)6-8-20(9-7-18)15(2)21/h3-5,17H,6-13H2,1-2H3/t17-/m0/s1. The Morgan fingerprint density at radius 1 is 1.43 bits per heavy atom. The zero-order valence-corrected chi connectivity index (χ0v) is 14.1. The summed E-state index contributed by atoms with van der Waals surface area (Å²) < 4.78 is 11.8.